The highest BCUT2D eigenvalue weighted by molar-refractivity contribution is 9.10. The molecule has 19 heavy (non-hydrogen) atoms. The molecular weight excluding hydrogens is 324 g/mol. The van der Waals surface area contributed by atoms with Crippen molar-refractivity contribution in [3.63, 3.8) is 0 Å². The maximum Gasteiger partial charge on any atom is 0.107 e. The standard InChI is InChI=1S/C14H19BrN2OS/c1-9-7-17(8-14(2,3)18-9)11-6-4-5-10(15)12(11)13(16)19/h4-6,9H,7-8H2,1-3H3,(H2,16,19). The summed E-state index contributed by atoms with van der Waals surface area (Å²) in [5, 5.41) is 0. The van der Waals surface area contributed by atoms with Crippen molar-refractivity contribution in [1.82, 2.24) is 0 Å². The second-order valence-corrected chi connectivity index (χ2v) is 6.86. The van der Waals surface area contributed by atoms with Crippen molar-refractivity contribution in [2.24, 2.45) is 5.73 Å². The van der Waals surface area contributed by atoms with Crippen LogP contribution in [0.5, 0.6) is 0 Å². The molecule has 1 aliphatic heterocycles. The molecular formula is C14H19BrN2OS. The highest BCUT2D eigenvalue weighted by Gasteiger charge is 2.32. The number of nitrogens with two attached hydrogens (primary N) is 1. The van der Waals surface area contributed by atoms with Crippen molar-refractivity contribution in [1.29, 1.82) is 0 Å². The number of morpholine rings is 1. The summed E-state index contributed by atoms with van der Waals surface area (Å²) >= 11 is 8.72. The molecule has 1 atom stereocenters. The van der Waals surface area contributed by atoms with E-state index in [1.165, 1.54) is 0 Å². The van der Waals surface area contributed by atoms with E-state index < -0.39 is 0 Å². The van der Waals surface area contributed by atoms with E-state index in [4.69, 9.17) is 22.7 Å². The van der Waals surface area contributed by atoms with Crippen LogP contribution in [0.3, 0.4) is 0 Å². The number of ether oxygens (including phenoxy) is 1. The van der Waals surface area contributed by atoms with Gasteiger partial charge in [0.2, 0.25) is 0 Å². The lowest BCUT2D eigenvalue weighted by molar-refractivity contribution is -0.0749. The van der Waals surface area contributed by atoms with Crippen molar-refractivity contribution in [2.75, 3.05) is 18.0 Å². The molecule has 0 aliphatic carbocycles. The minimum absolute atomic E-state index is 0.173. The fraction of sp³-hybridized carbons (Fsp3) is 0.500. The molecule has 1 unspecified atom stereocenters. The van der Waals surface area contributed by atoms with Gasteiger partial charge >= 0.3 is 0 Å². The fourth-order valence-corrected chi connectivity index (χ4v) is 3.57. The highest BCUT2D eigenvalue weighted by atomic mass is 79.9. The SMILES string of the molecule is CC1CN(c2cccc(Br)c2C(N)=S)CC(C)(C)O1. The molecule has 0 radical (unpaired) electrons. The molecule has 1 fully saturated rings. The molecule has 1 saturated heterocycles. The van der Waals surface area contributed by atoms with Crippen molar-refractivity contribution < 1.29 is 4.74 Å². The summed E-state index contributed by atoms with van der Waals surface area (Å²) in [6, 6.07) is 6.04. The summed E-state index contributed by atoms with van der Waals surface area (Å²) in [7, 11) is 0. The number of nitrogens with zero attached hydrogens (tertiary/aromatic N) is 1. The van der Waals surface area contributed by atoms with Gasteiger partial charge in [-0.25, -0.2) is 0 Å². The third kappa shape index (κ3) is 3.27. The van der Waals surface area contributed by atoms with Crippen LogP contribution in [0.4, 0.5) is 5.69 Å². The molecule has 1 aromatic rings. The smallest absolute Gasteiger partial charge is 0.107 e. The summed E-state index contributed by atoms with van der Waals surface area (Å²) in [5.74, 6) is 0. The Morgan fingerprint density at radius 2 is 2.21 bits per heavy atom. The van der Waals surface area contributed by atoms with Gasteiger partial charge in [-0.1, -0.05) is 18.3 Å². The van der Waals surface area contributed by atoms with E-state index in [9.17, 15) is 0 Å². The second-order valence-electron chi connectivity index (χ2n) is 5.57. The molecule has 2 N–H and O–H groups in total. The number of hydrogen-bond acceptors (Lipinski definition) is 3. The maximum atomic E-state index is 5.94. The lowest BCUT2D eigenvalue weighted by Crippen LogP contribution is -2.52. The first-order chi connectivity index (χ1) is 8.80. The van der Waals surface area contributed by atoms with E-state index in [0.29, 0.717) is 4.99 Å². The van der Waals surface area contributed by atoms with Gasteiger partial charge in [-0.2, -0.15) is 0 Å². The van der Waals surface area contributed by atoms with E-state index in [-0.39, 0.29) is 11.7 Å². The Kier molecular flexibility index (Phi) is 4.18. The topological polar surface area (TPSA) is 38.5 Å². The Morgan fingerprint density at radius 1 is 1.53 bits per heavy atom. The van der Waals surface area contributed by atoms with Gasteiger partial charge in [-0.05, 0) is 48.8 Å². The average Bonchev–Trinajstić information content (AvgIpc) is 2.25. The van der Waals surface area contributed by atoms with E-state index in [0.717, 1.165) is 28.8 Å². The van der Waals surface area contributed by atoms with Gasteiger partial charge in [0.15, 0.2) is 0 Å². The lowest BCUT2D eigenvalue weighted by atomic mass is 10.0. The molecule has 0 bridgehead atoms. The van der Waals surface area contributed by atoms with E-state index >= 15 is 0 Å². The fourth-order valence-electron chi connectivity index (χ4n) is 2.66. The molecule has 1 aliphatic rings. The van der Waals surface area contributed by atoms with Gasteiger partial charge < -0.3 is 15.4 Å². The summed E-state index contributed by atoms with van der Waals surface area (Å²) < 4.78 is 6.88. The van der Waals surface area contributed by atoms with Crippen LogP contribution in [0.25, 0.3) is 0 Å². The lowest BCUT2D eigenvalue weighted by Gasteiger charge is -2.43. The summed E-state index contributed by atoms with van der Waals surface area (Å²) in [5.41, 5.74) is 7.67. The summed E-state index contributed by atoms with van der Waals surface area (Å²) in [6.45, 7) is 7.97. The minimum atomic E-state index is -0.173. The van der Waals surface area contributed by atoms with Crippen LogP contribution < -0.4 is 10.6 Å². The van der Waals surface area contributed by atoms with Crippen LogP contribution >= 0.6 is 28.1 Å². The van der Waals surface area contributed by atoms with E-state index in [1.54, 1.807) is 0 Å². The molecule has 1 aromatic carbocycles. The van der Waals surface area contributed by atoms with E-state index in [1.807, 2.05) is 12.1 Å². The van der Waals surface area contributed by atoms with E-state index in [2.05, 4.69) is 47.7 Å². The van der Waals surface area contributed by atoms with Gasteiger partial charge in [0.25, 0.3) is 0 Å². The molecule has 0 amide bonds. The Bertz CT molecular complexity index is 504. The molecule has 3 nitrogen and oxygen atoms in total. The second kappa shape index (κ2) is 5.38. The molecule has 104 valence electrons. The first-order valence-corrected chi connectivity index (χ1v) is 7.51. The third-order valence-electron chi connectivity index (χ3n) is 3.15. The number of thiocarbonyl (C=S) groups is 1. The molecule has 0 aromatic heterocycles. The Hall–Kier alpha value is -0.650. The minimum Gasteiger partial charge on any atom is -0.389 e. The molecule has 2 rings (SSSR count). The first kappa shape index (κ1) is 14.8. The predicted octanol–water partition coefficient (Wildman–Crippen LogP) is 3.09. The quantitative estimate of drug-likeness (QED) is 0.838. The number of rotatable bonds is 2. The zero-order chi connectivity index (χ0) is 14.2. The number of anilines is 1. The van der Waals surface area contributed by atoms with Crippen molar-refractivity contribution >= 4 is 38.8 Å². The Labute approximate surface area is 128 Å². The van der Waals surface area contributed by atoms with Crippen LogP contribution in [0, 0.1) is 0 Å². The van der Waals surface area contributed by atoms with Gasteiger partial charge in [0, 0.05) is 28.8 Å². The first-order valence-electron chi connectivity index (χ1n) is 6.31. The molecule has 0 saturated carbocycles. The zero-order valence-corrected chi connectivity index (χ0v) is 13.8. The summed E-state index contributed by atoms with van der Waals surface area (Å²) in [6.07, 6.45) is 0.182. The molecule has 5 heteroatoms. The van der Waals surface area contributed by atoms with Crippen molar-refractivity contribution in [3.05, 3.63) is 28.2 Å². The predicted molar refractivity (Wildman–Crippen MR) is 86.9 cm³/mol. The van der Waals surface area contributed by atoms with Gasteiger partial charge in [0.05, 0.1) is 11.7 Å². The molecule has 1 heterocycles. The average molecular weight is 343 g/mol. The van der Waals surface area contributed by atoms with Gasteiger partial charge in [0.1, 0.15) is 4.99 Å². The Morgan fingerprint density at radius 3 is 2.79 bits per heavy atom. The zero-order valence-electron chi connectivity index (χ0n) is 11.4. The summed E-state index contributed by atoms with van der Waals surface area (Å²) in [4.78, 5) is 2.72. The largest absolute Gasteiger partial charge is 0.389 e. The van der Waals surface area contributed by atoms with Crippen LogP contribution in [0.15, 0.2) is 22.7 Å². The van der Waals surface area contributed by atoms with Crippen LogP contribution in [-0.4, -0.2) is 29.8 Å². The Balaban J connectivity index is 2.41. The maximum absolute atomic E-state index is 5.94. The third-order valence-corrected chi connectivity index (χ3v) is 4.01. The van der Waals surface area contributed by atoms with Crippen LogP contribution in [0.2, 0.25) is 0 Å². The van der Waals surface area contributed by atoms with Gasteiger partial charge in [-0.3, -0.25) is 0 Å². The number of benzene rings is 1. The molecule has 0 spiro atoms. The van der Waals surface area contributed by atoms with Gasteiger partial charge in [-0.15, -0.1) is 0 Å². The van der Waals surface area contributed by atoms with Crippen LogP contribution in [-0.2, 0) is 4.74 Å². The van der Waals surface area contributed by atoms with Crippen LogP contribution in [0.1, 0.15) is 26.3 Å². The number of hydrogen-bond donors (Lipinski definition) is 1. The normalized spacial score (nSPS) is 22.3. The number of halogens is 1. The van der Waals surface area contributed by atoms with Crippen molar-refractivity contribution in [2.45, 2.75) is 32.5 Å². The monoisotopic (exact) mass is 342 g/mol. The van der Waals surface area contributed by atoms with Crippen molar-refractivity contribution in [3.8, 4) is 0 Å². The highest BCUT2D eigenvalue weighted by Crippen LogP contribution is 2.32.